The molecule has 2 aliphatic carbocycles. The molecule has 8 rings (SSSR count). The zero-order chi connectivity index (χ0) is 42.3. The molecule has 2 saturated carbocycles. The van der Waals surface area contributed by atoms with Gasteiger partial charge in [0.2, 0.25) is 23.7 Å². The molecule has 4 N–H and O–H groups in total. The Morgan fingerprint density at radius 1 is 0.550 bits per heavy atom. The zero-order valence-electron chi connectivity index (χ0n) is 34.4. The summed E-state index contributed by atoms with van der Waals surface area (Å²) in [5, 5.41) is 10.5. The van der Waals surface area contributed by atoms with Crippen LogP contribution < -0.4 is 10.6 Å². The van der Waals surface area contributed by atoms with Crippen LogP contribution in [0.4, 0.5) is 17.6 Å². The number of nitrogens with one attached hydrogen (secondary N) is 4. The van der Waals surface area contributed by atoms with Crippen LogP contribution in [0.5, 0.6) is 0 Å². The predicted octanol–water partition coefficient (Wildman–Crippen LogP) is 11.7. The largest absolute Gasteiger partial charge is 0.346 e. The van der Waals surface area contributed by atoms with Gasteiger partial charge in [-0.3, -0.25) is 9.59 Å². The lowest BCUT2D eigenvalue weighted by Gasteiger charge is -2.29. The van der Waals surface area contributed by atoms with Gasteiger partial charge in [-0.15, -0.1) is 0 Å². The second-order valence-electron chi connectivity index (χ2n) is 17.6. The van der Waals surface area contributed by atoms with Crippen LogP contribution in [0.25, 0.3) is 55.2 Å². The first kappa shape index (κ1) is 41.2. The monoisotopic (exact) mass is 820 g/mol. The molecule has 12 heteroatoms. The molecule has 6 aromatic rings. The van der Waals surface area contributed by atoms with Crippen molar-refractivity contribution in [2.45, 2.75) is 103 Å². The third kappa shape index (κ3) is 8.98. The van der Waals surface area contributed by atoms with E-state index in [4.69, 9.17) is 0 Å². The molecule has 0 spiro atoms. The first-order valence-electron chi connectivity index (χ1n) is 21.2. The van der Waals surface area contributed by atoms with Crippen molar-refractivity contribution < 1.29 is 27.2 Å². The minimum Gasteiger partial charge on any atom is -0.346 e. The number of carbonyl (C=O) groups excluding carboxylic acids is 2. The van der Waals surface area contributed by atoms with Crippen molar-refractivity contribution in [2.75, 3.05) is 0 Å². The minimum atomic E-state index is -2.68. The molecule has 314 valence electrons. The van der Waals surface area contributed by atoms with E-state index in [1.54, 1.807) is 12.4 Å². The molecule has 8 nitrogen and oxygen atoms in total. The Labute approximate surface area is 347 Å². The fraction of sp³-hybridized carbons (Fsp3) is 0.417. The molecule has 0 bridgehead atoms. The maximum absolute atomic E-state index is 13.7. The number of hydrogen-bond acceptors (Lipinski definition) is 4. The number of benzene rings is 4. The standard InChI is InChI=1S/C48H52F4N6O2/c1-27(2)41(57-45(59)29-13-17-47(49,50)18-14-29)43-53-25-39(55-43)37-11-9-33-21-31(5-7-35(33)23-37)32-6-8-36-24-38(12-10-34(36)22-32)40-26-54-44(56-40)42(28(3)4)58-46(60)30-15-19-48(51,52)20-16-30/h5-12,21-30,41-42H,13-20H2,1-4H3,(H,53,55)(H,54,56)(H,57,59)(H,58,60). The van der Waals surface area contributed by atoms with Gasteiger partial charge in [0.05, 0.1) is 35.9 Å². The lowest BCUT2D eigenvalue weighted by molar-refractivity contribution is -0.131. The highest BCUT2D eigenvalue weighted by atomic mass is 19.3. The smallest absolute Gasteiger partial charge is 0.248 e. The Morgan fingerprint density at radius 3 is 1.20 bits per heavy atom. The maximum Gasteiger partial charge on any atom is 0.248 e. The van der Waals surface area contributed by atoms with Gasteiger partial charge in [-0.25, -0.2) is 27.5 Å². The van der Waals surface area contributed by atoms with Crippen molar-refractivity contribution in [1.29, 1.82) is 0 Å². The molecule has 60 heavy (non-hydrogen) atoms. The van der Waals surface area contributed by atoms with Gasteiger partial charge in [-0.05, 0) is 94.5 Å². The highest BCUT2D eigenvalue weighted by Crippen LogP contribution is 2.39. The minimum absolute atomic E-state index is 0.0383. The van der Waals surface area contributed by atoms with E-state index < -0.39 is 23.7 Å². The normalized spacial score (nSPS) is 18.2. The number of aromatic amines is 2. The molecule has 2 heterocycles. The van der Waals surface area contributed by atoms with Gasteiger partial charge >= 0.3 is 0 Å². The number of fused-ring (bicyclic) bond motifs is 2. The van der Waals surface area contributed by atoms with Crippen molar-refractivity contribution in [3.05, 3.63) is 96.8 Å². The van der Waals surface area contributed by atoms with Gasteiger partial charge in [0.25, 0.3) is 0 Å². The number of hydrogen-bond donors (Lipinski definition) is 4. The molecule has 2 fully saturated rings. The fourth-order valence-corrected chi connectivity index (χ4v) is 8.72. The van der Waals surface area contributed by atoms with Gasteiger partial charge in [-0.2, -0.15) is 0 Å². The van der Waals surface area contributed by atoms with E-state index in [-0.39, 0.29) is 87.1 Å². The third-order valence-corrected chi connectivity index (χ3v) is 12.5. The van der Waals surface area contributed by atoms with Crippen molar-refractivity contribution in [3.8, 4) is 33.6 Å². The van der Waals surface area contributed by atoms with Crippen LogP contribution in [0.15, 0.2) is 85.2 Å². The van der Waals surface area contributed by atoms with Crippen molar-refractivity contribution in [3.63, 3.8) is 0 Å². The van der Waals surface area contributed by atoms with E-state index in [0.29, 0.717) is 11.6 Å². The number of carbonyl (C=O) groups is 2. The summed E-state index contributed by atoms with van der Waals surface area (Å²) in [5.74, 6) is -5.24. The molecule has 4 aromatic carbocycles. The average molecular weight is 821 g/mol. The summed E-state index contributed by atoms with van der Waals surface area (Å²) in [6, 6.07) is 24.6. The molecule has 2 amide bonds. The topological polar surface area (TPSA) is 116 Å². The second kappa shape index (κ2) is 16.5. The highest BCUT2D eigenvalue weighted by molar-refractivity contribution is 5.94. The Morgan fingerprint density at radius 2 is 0.867 bits per heavy atom. The number of halogens is 4. The number of rotatable bonds is 11. The van der Waals surface area contributed by atoms with E-state index in [1.807, 2.05) is 27.7 Å². The lowest BCUT2D eigenvalue weighted by atomic mass is 9.86. The van der Waals surface area contributed by atoms with Crippen LogP contribution in [-0.4, -0.2) is 43.6 Å². The lowest BCUT2D eigenvalue weighted by Crippen LogP contribution is -2.39. The first-order valence-corrected chi connectivity index (χ1v) is 21.2. The summed E-state index contributed by atoms with van der Waals surface area (Å²) in [4.78, 5) is 42.2. The summed E-state index contributed by atoms with van der Waals surface area (Å²) < 4.78 is 54.8. The Bertz CT molecular complexity index is 2330. The van der Waals surface area contributed by atoms with Gasteiger partial charge in [0.1, 0.15) is 11.6 Å². The van der Waals surface area contributed by atoms with Crippen molar-refractivity contribution >= 4 is 33.4 Å². The van der Waals surface area contributed by atoms with Crippen LogP contribution in [-0.2, 0) is 9.59 Å². The van der Waals surface area contributed by atoms with Crippen LogP contribution in [0.1, 0.15) is 103 Å². The zero-order valence-corrected chi connectivity index (χ0v) is 34.4. The average Bonchev–Trinajstić information content (AvgIpc) is 3.92. The number of aromatic nitrogens is 4. The molecule has 0 aliphatic heterocycles. The Hall–Kier alpha value is -5.52. The highest BCUT2D eigenvalue weighted by Gasteiger charge is 2.39. The van der Waals surface area contributed by atoms with E-state index in [1.165, 1.54) is 0 Å². The SMILES string of the molecule is CC(C)C(NC(=O)C1CCC(F)(F)CC1)c1ncc(-c2ccc3cc(-c4ccc5cc(-c6cnc(C(NC(=O)C7CCC(F)(F)CC7)C(C)C)[nH]6)ccc5c4)ccc3c2)[nH]1. The van der Waals surface area contributed by atoms with Gasteiger partial charge in [-0.1, -0.05) is 76.2 Å². The van der Waals surface area contributed by atoms with Crippen molar-refractivity contribution in [1.82, 2.24) is 30.6 Å². The van der Waals surface area contributed by atoms with E-state index in [9.17, 15) is 27.2 Å². The molecule has 2 unspecified atom stereocenters. The fourth-order valence-electron chi connectivity index (χ4n) is 8.72. The molecular weight excluding hydrogens is 769 g/mol. The Kier molecular flexibility index (Phi) is 11.3. The van der Waals surface area contributed by atoms with Crippen LogP contribution in [0.3, 0.4) is 0 Å². The summed E-state index contributed by atoms with van der Waals surface area (Å²) >= 11 is 0. The van der Waals surface area contributed by atoms with Gasteiger partial charge in [0.15, 0.2) is 0 Å². The predicted molar refractivity (Wildman–Crippen MR) is 227 cm³/mol. The molecule has 2 aromatic heterocycles. The second-order valence-corrected chi connectivity index (χ2v) is 17.6. The summed E-state index contributed by atoms with van der Waals surface area (Å²) in [6.45, 7) is 8.01. The summed E-state index contributed by atoms with van der Waals surface area (Å²) in [5.41, 5.74) is 5.75. The van der Waals surface area contributed by atoms with E-state index >= 15 is 0 Å². The molecular formula is C48H52F4N6O2. The number of nitrogens with zero attached hydrogens (tertiary/aromatic N) is 2. The molecule has 0 saturated heterocycles. The number of imidazole rings is 2. The molecule has 0 radical (unpaired) electrons. The summed E-state index contributed by atoms with van der Waals surface area (Å²) in [6.07, 6.45) is 3.27. The number of alkyl halides is 4. The number of H-pyrrole nitrogens is 2. The number of amides is 2. The van der Waals surface area contributed by atoms with Gasteiger partial charge < -0.3 is 20.6 Å². The third-order valence-electron chi connectivity index (χ3n) is 12.5. The van der Waals surface area contributed by atoms with Crippen LogP contribution >= 0.6 is 0 Å². The maximum atomic E-state index is 13.7. The van der Waals surface area contributed by atoms with Crippen LogP contribution in [0, 0.1) is 23.7 Å². The Balaban J connectivity index is 0.941. The first-order chi connectivity index (χ1) is 28.6. The van der Waals surface area contributed by atoms with Crippen molar-refractivity contribution in [2.24, 2.45) is 23.7 Å². The van der Waals surface area contributed by atoms with Gasteiger partial charge in [0, 0.05) is 48.6 Å². The van der Waals surface area contributed by atoms with Crippen LogP contribution in [0.2, 0.25) is 0 Å². The molecule has 2 aliphatic rings. The van der Waals surface area contributed by atoms with E-state index in [2.05, 4.69) is 103 Å². The quantitative estimate of drug-likeness (QED) is 0.0974. The van der Waals surface area contributed by atoms with E-state index in [0.717, 1.165) is 55.2 Å². The summed E-state index contributed by atoms with van der Waals surface area (Å²) in [7, 11) is 0. The molecule has 2 atom stereocenters.